The molecule has 0 bridgehead atoms. The third-order valence-corrected chi connectivity index (χ3v) is 4.30. The molecule has 1 N–H and O–H groups in total. The van der Waals surface area contributed by atoms with Crippen molar-refractivity contribution in [2.24, 2.45) is 5.92 Å². The second-order valence-electron chi connectivity index (χ2n) is 6.07. The summed E-state index contributed by atoms with van der Waals surface area (Å²) in [5, 5.41) is 3.52. The van der Waals surface area contributed by atoms with Gasteiger partial charge in [0.15, 0.2) is 0 Å². The highest BCUT2D eigenvalue weighted by Gasteiger charge is 2.24. The topological polar surface area (TPSA) is 12.0 Å². The molecule has 0 radical (unpaired) electrons. The number of nitrogens with one attached hydrogen (secondary N) is 1. The Morgan fingerprint density at radius 3 is 2.44 bits per heavy atom. The summed E-state index contributed by atoms with van der Waals surface area (Å²) in [7, 11) is 2.10. The van der Waals surface area contributed by atoms with Crippen LogP contribution in [0, 0.1) is 5.92 Å². The van der Waals surface area contributed by atoms with E-state index in [1.54, 1.807) is 11.1 Å². The molecule has 0 saturated heterocycles. The Morgan fingerprint density at radius 2 is 1.89 bits per heavy atom. The van der Waals surface area contributed by atoms with Gasteiger partial charge in [-0.2, -0.15) is 0 Å². The van der Waals surface area contributed by atoms with Gasteiger partial charge in [0.05, 0.1) is 0 Å². The van der Waals surface area contributed by atoms with Gasteiger partial charge < -0.3 is 5.32 Å². The van der Waals surface area contributed by atoms with Gasteiger partial charge in [-0.3, -0.25) is 0 Å². The van der Waals surface area contributed by atoms with Gasteiger partial charge in [-0.05, 0) is 55.7 Å². The van der Waals surface area contributed by atoms with Crippen LogP contribution in [0.4, 0.5) is 0 Å². The summed E-state index contributed by atoms with van der Waals surface area (Å²) in [5.74, 6) is 1.62. The summed E-state index contributed by atoms with van der Waals surface area (Å²) in [6, 6.07) is 9.60. The van der Waals surface area contributed by atoms with Gasteiger partial charge >= 0.3 is 0 Å². The van der Waals surface area contributed by atoms with E-state index >= 15 is 0 Å². The number of hydrogen-bond donors (Lipinski definition) is 1. The van der Waals surface area contributed by atoms with Gasteiger partial charge in [0.1, 0.15) is 0 Å². The van der Waals surface area contributed by atoms with E-state index in [1.807, 2.05) is 0 Å². The average Bonchev–Trinajstić information content (AvgIpc) is 2.29. The van der Waals surface area contributed by atoms with E-state index in [9.17, 15) is 0 Å². The first kappa shape index (κ1) is 13.6. The number of rotatable bonds is 6. The van der Waals surface area contributed by atoms with Crippen LogP contribution in [0.3, 0.4) is 0 Å². The minimum atomic E-state index is 0.532. The SMILES string of the molecule is CNC(CCC(C)C)c1ccccc1C1CCC1. The Kier molecular flexibility index (Phi) is 4.82. The molecule has 0 aromatic heterocycles. The van der Waals surface area contributed by atoms with E-state index < -0.39 is 0 Å². The van der Waals surface area contributed by atoms with Crippen LogP contribution in [-0.4, -0.2) is 7.05 Å². The molecule has 1 atom stereocenters. The summed E-state index contributed by atoms with van der Waals surface area (Å²) in [5.41, 5.74) is 3.15. The van der Waals surface area contributed by atoms with Gasteiger partial charge in [0, 0.05) is 6.04 Å². The van der Waals surface area contributed by atoms with Crippen molar-refractivity contribution in [2.75, 3.05) is 7.05 Å². The summed E-state index contributed by atoms with van der Waals surface area (Å²) < 4.78 is 0. The van der Waals surface area contributed by atoms with Crippen LogP contribution >= 0.6 is 0 Å². The monoisotopic (exact) mass is 245 g/mol. The zero-order chi connectivity index (χ0) is 13.0. The fraction of sp³-hybridized carbons (Fsp3) is 0.647. The molecule has 1 aliphatic rings. The molecule has 1 heteroatoms. The quantitative estimate of drug-likeness (QED) is 0.769. The van der Waals surface area contributed by atoms with Crippen LogP contribution < -0.4 is 5.32 Å². The molecule has 0 spiro atoms. The summed E-state index contributed by atoms with van der Waals surface area (Å²) in [6.07, 6.45) is 6.73. The largest absolute Gasteiger partial charge is 0.313 e. The van der Waals surface area contributed by atoms with E-state index in [-0.39, 0.29) is 0 Å². The smallest absolute Gasteiger partial charge is 0.0320 e. The van der Waals surface area contributed by atoms with E-state index in [4.69, 9.17) is 0 Å². The van der Waals surface area contributed by atoms with Crippen LogP contribution in [0.2, 0.25) is 0 Å². The molecule has 1 saturated carbocycles. The van der Waals surface area contributed by atoms with Crippen LogP contribution in [0.15, 0.2) is 24.3 Å². The van der Waals surface area contributed by atoms with Crippen molar-refractivity contribution < 1.29 is 0 Å². The molecule has 1 fully saturated rings. The summed E-state index contributed by atoms with van der Waals surface area (Å²) in [6.45, 7) is 4.62. The van der Waals surface area contributed by atoms with Crippen molar-refractivity contribution in [2.45, 2.75) is 57.9 Å². The van der Waals surface area contributed by atoms with E-state index in [2.05, 4.69) is 50.5 Å². The summed E-state index contributed by atoms with van der Waals surface area (Å²) in [4.78, 5) is 0. The third-order valence-electron chi connectivity index (χ3n) is 4.30. The predicted molar refractivity (Wildman–Crippen MR) is 78.9 cm³/mol. The maximum absolute atomic E-state index is 3.52. The molecular formula is C17H27N. The molecule has 1 unspecified atom stereocenters. The van der Waals surface area contributed by atoms with Crippen LogP contribution in [-0.2, 0) is 0 Å². The normalized spacial score (nSPS) is 17.8. The van der Waals surface area contributed by atoms with Crippen molar-refractivity contribution in [3.05, 3.63) is 35.4 Å². The van der Waals surface area contributed by atoms with E-state index in [0.29, 0.717) is 6.04 Å². The molecule has 1 aromatic carbocycles. The Balaban J connectivity index is 2.13. The highest BCUT2D eigenvalue weighted by atomic mass is 14.9. The maximum Gasteiger partial charge on any atom is 0.0320 e. The lowest BCUT2D eigenvalue weighted by atomic mass is 9.76. The molecule has 1 aromatic rings. The third kappa shape index (κ3) is 3.14. The van der Waals surface area contributed by atoms with Gasteiger partial charge in [0.25, 0.3) is 0 Å². The zero-order valence-corrected chi connectivity index (χ0v) is 12.1. The first-order chi connectivity index (χ1) is 8.72. The lowest BCUT2D eigenvalue weighted by molar-refractivity contribution is 0.406. The van der Waals surface area contributed by atoms with Crippen LogP contribution in [0.25, 0.3) is 0 Å². The Morgan fingerprint density at radius 1 is 1.17 bits per heavy atom. The van der Waals surface area contributed by atoms with Gasteiger partial charge in [-0.25, -0.2) is 0 Å². The summed E-state index contributed by atoms with van der Waals surface area (Å²) >= 11 is 0. The molecule has 2 rings (SSSR count). The Bertz CT molecular complexity index is 366. The Labute approximate surface area is 112 Å². The Hall–Kier alpha value is -0.820. The molecule has 0 heterocycles. The maximum atomic E-state index is 3.52. The lowest BCUT2D eigenvalue weighted by Gasteiger charge is -2.30. The molecule has 0 amide bonds. The van der Waals surface area contributed by atoms with E-state index in [0.717, 1.165) is 11.8 Å². The second kappa shape index (κ2) is 6.38. The second-order valence-corrected chi connectivity index (χ2v) is 6.07. The number of hydrogen-bond acceptors (Lipinski definition) is 1. The minimum absolute atomic E-state index is 0.532. The standard InChI is InChI=1S/C17H27N/c1-13(2)11-12-17(18-3)16-10-5-4-9-15(16)14-7-6-8-14/h4-5,9-10,13-14,17-18H,6-8,11-12H2,1-3H3. The fourth-order valence-electron chi connectivity index (χ4n) is 2.87. The molecule has 1 nitrogen and oxygen atoms in total. The first-order valence-electron chi connectivity index (χ1n) is 7.48. The average molecular weight is 245 g/mol. The highest BCUT2D eigenvalue weighted by molar-refractivity contribution is 5.34. The van der Waals surface area contributed by atoms with Gasteiger partial charge in [-0.1, -0.05) is 44.5 Å². The molecule has 100 valence electrons. The minimum Gasteiger partial charge on any atom is -0.313 e. The van der Waals surface area contributed by atoms with Gasteiger partial charge in [0.2, 0.25) is 0 Å². The fourth-order valence-corrected chi connectivity index (χ4v) is 2.87. The predicted octanol–water partition coefficient (Wildman–Crippen LogP) is 4.65. The molecule has 0 aliphatic heterocycles. The molecule has 18 heavy (non-hydrogen) atoms. The zero-order valence-electron chi connectivity index (χ0n) is 12.1. The first-order valence-corrected chi connectivity index (χ1v) is 7.48. The van der Waals surface area contributed by atoms with Crippen molar-refractivity contribution in [1.29, 1.82) is 0 Å². The highest BCUT2D eigenvalue weighted by Crippen LogP contribution is 2.40. The van der Waals surface area contributed by atoms with Crippen LogP contribution in [0.5, 0.6) is 0 Å². The number of benzene rings is 1. The van der Waals surface area contributed by atoms with Crippen molar-refractivity contribution in [3.8, 4) is 0 Å². The van der Waals surface area contributed by atoms with E-state index in [1.165, 1.54) is 32.1 Å². The van der Waals surface area contributed by atoms with Crippen molar-refractivity contribution >= 4 is 0 Å². The molecule has 1 aliphatic carbocycles. The van der Waals surface area contributed by atoms with Crippen molar-refractivity contribution in [1.82, 2.24) is 5.32 Å². The van der Waals surface area contributed by atoms with Crippen molar-refractivity contribution in [3.63, 3.8) is 0 Å². The molecular weight excluding hydrogens is 218 g/mol. The van der Waals surface area contributed by atoms with Crippen LogP contribution in [0.1, 0.15) is 69.0 Å². The lowest BCUT2D eigenvalue weighted by Crippen LogP contribution is -2.21. The van der Waals surface area contributed by atoms with Gasteiger partial charge in [-0.15, -0.1) is 0 Å².